The highest BCUT2D eigenvalue weighted by Gasteiger charge is 2.23. The first-order chi connectivity index (χ1) is 11.6. The molecule has 0 radical (unpaired) electrons. The number of nitrogens with zero attached hydrogens (tertiary/aromatic N) is 4. The van der Waals surface area contributed by atoms with E-state index >= 15 is 0 Å². The van der Waals surface area contributed by atoms with Gasteiger partial charge in [0.15, 0.2) is 0 Å². The highest BCUT2D eigenvalue weighted by molar-refractivity contribution is 5.14. The first kappa shape index (κ1) is 20.5. The van der Waals surface area contributed by atoms with Gasteiger partial charge < -0.3 is 5.11 Å². The van der Waals surface area contributed by atoms with Crippen molar-refractivity contribution in [1.82, 2.24) is 5.06 Å². The van der Waals surface area contributed by atoms with Gasteiger partial charge in [0.1, 0.15) is 0 Å². The second-order valence-electron chi connectivity index (χ2n) is 6.41. The van der Waals surface area contributed by atoms with Gasteiger partial charge in [0.2, 0.25) is 0 Å². The van der Waals surface area contributed by atoms with Gasteiger partial charge in [-0.05, 0) is 36.3 Å². The molecule has 24 heavy (non-hydrogen) atoms. The maximum atomic E-state index is 9.45. The average Bonchev–Trinajstić information content (AvgIpc) is 2.57. The van der Waals surface area contributed by atoms with E-state index in [0.29, 0.717) is 25.4 Å². The van der Waals surface area contributed by atoms with Crippen LogP contribution in [-0.4, -0.2) is 35.5 Å². The number of aliphatic hydroxyl groups is 1. The maximum absolute atomic E-state index is 9.45. The van der Waals surface area contributed by atoms with Gasteiger partial charge >= 0.3 is 0 Å². The summed E-state index contributed by atoms with van der Waals surface area (Å²) in [6, 6.07) is 10.3. The Hall–Kier alpha value is -1.59. The quantitative estimate of drug-likeness (QED) is 0.268. The van der Waals surface area contributed by atoms with Crippen molar-refractivity contribution in [1.29, 1.82) is 0 Å². The third kappa shape index (κ3) is 7.79. The van der Waals surface area contributed by atoms with E-state index in [0.717, 1.165) is 18.4 Å². The Morgan fingerprint density at radius 3 is 2.54 bits per heavy atom. The Morgan fingerprint density at radius 2 is 2.00 bits per heavy atom. The Bertz CT molecular complexity index is 489. The summed E-state index contributed by atoms with van der Waals surface area (Å²) < 4.78 is 0. The van der Waals surface area contributed by atoms with Gasteiger partial charge in [0, 0.05) is 24.1 Å². The third-order valence-electron chi connectivity index (χ3n) is 3.88. The molecule has 134 valence electrons. The first-order valence-corrected chi connectivity index (χ1v) is 8.69. The van der Waals surface area contributed by atoms with E-state index in [4.69, 9.17) is 10.4 Å². The third-order valence-corrected chi connectivity index (χ3v) is 3.88. The van der Waals surface area contributed by atoms with Crippen LogP contribution in [-0.2, 0) is 11.4 Å². The van der Waals surface area contributed by atoms with E-state index in [9.17, 15) is 5.11 Å². The zero-order chi connectivity index (χ0) is 17.8. The van der Waals surface area contributed by atoms with Gasteiger partial charge in [-0.25, -0.2) is 0 Å². The van der Waals surface area contributed by atoms with E-state index in [1.807, 2.05) is 30.2 Å². The molecule has 0 aliphatic carbocycles. The lowest BCUT2D eigenvalue weighted by molar-refractivity contribution is -0.231. The molecule has 0 heterocycles. The lowest BCUT2D eigenvalue weighted by Gasteiger charge is -2.34. The molecule has 2 atom stereocenters. The molecule has 1 aromatic rings. The highest BCUT2D eigenvalue weighted by atomic mass is 16.7. The van der Waals surface area contributed by atoms with Crippen LogP contribution in [0.1, 0.15) is 45.6 Å². The molecule has 0 aromatic heterocycles. The molecule has 0 bridgehead atoms. The van der Waals surface area contributed by atoms with Crippen molar-refractivity contribution >= 4 is 0 Å². The Labute approximate surface area is 145 Å². The summed E-state index contributed by atoms with van der Waals surface area (Å²) in [5, 5.41) is 15.1. The molecule has 0 aliphatic rings. The molecule has 0 saturated carbocycles. The fourth-order valence-electron chi connectivity index (χ4n) is 2.64. The molecule has 0 fully saturated rings. The van der Waals surface area contributed by atoms with Crippen LogP contribution in [0.3, 0.4) is 0 Å². The molecule has 6 heteroatoms. The number of hydrogen-bond acceptors (Lipinski definition) is 4. The van der Waals surface area contributed by atoms with Gasteiger partial charge in [-0.3, -0.25) is 4.84 Å². The molecule has 0 amide bonds. The van der Waals surface area contributed by atoms with E-state index in [1.165, 1.54) is 0 Å². The van der Waals surface area contributed by atoms with E-state index < -0.39 is 0 Å². The minimum atomic E-state index is -0.155. The SMILES string of the molecule is CC[C@H](CN=[N+]=[N-])ON(Cc1ccccc1)[C@H](CCO)CC(C)C. The predicted octanol–water partition coefficient (Wildman–Crippen LogP) is 4.31. The first-order valence-electron chi connectivity index (χ1n) is 8.69. The molecule has 0 saturated heterocycles. The largest absolute Gasteiger partial charge is 0.396 e. The molecule has 0 aliphatic heterocycles. The van der Waals surface area contributed by atoms with Crippen molar-refractivity contribution < 1.29 is 9.94 Å². The van der Waals surface area contributed by atoms with Crippen LogP contribution < -0.4 is 0 Å². The fraction of sp³-hybridized carbons (Fsp3) is 0.667. The summed E-state index contributed by atoms with van der Waals surface area (Å²) in [5.74, 6) is 0.501. The zero-order valence-corrected chi connectivity index (χ0v) is 15.0. The van der Waals surface area contributed by atoms with Gasteiger partial charge in [-0.1, -0.05) is 56.2 Å². The van der Waals surface area contributed by atoms with Crippen molar-refractivity contribution in [2.75, 3.05) is 13.2 Å². The monoisotopic (exact) mass is 334 g/mol. The Morgan fingerprint density at radius 1 is 1.29 bits per heavy atom. The normalized spacial score (nSPS) is 13.8. The zero-order valence-electron chi connectivity index (χ0n) is 15.0. The standard InChI is InChI=1S/C18H30N4O2/c1-4-18(13-20-21-19)24-22(14-16-8-6-5-7-9-16)17(10-11-23)12-15(2)3/h5-9,15,17-18,23H,4,10-14H2,1-3H3/t17-,18-/m1/s1. The van der Waals surface area contributed by atoms with Crippen LogP contribution in [0.25, 0.3) is 10.4 Å². The molecule has 6 nitrogen and oxygen atoms in total. The maximum Gasteiger partial charge on any atom is 0.0847 e. The molecule has 1 N–H and O–H groups in total. The predicted molar refractivity (Wildman–Crippen MR) is 96.1 cm³/mol. The van der Waals surface area contributed by atoms with Crippen molar-refractivity contribution in [3.05, 3.63) is 46.3 Å². The van der Waals surface area contributed by atoms with Crippen molar-refractivity contribution in [2.24, 2.45) is 11.0 Å². The van der Waals surface area contributed by atoms with Crippen LogP contribution in [0.4, 0.5) is 0 Å². The van der Waals surface area contributed by atoms with Gasteiger partial charge in [0.05, 0.1) is 12.6 Å². The summed E-state index contributed by atoms with van der Waals surface area (Å²) in [5.41, 5.74) is 9.70. The van der Waals surface area contributed by atoms with Crippen LogP contribution in [0.2, 0.25) is 0 Å². The number of benzene rings is 1. The number of azide groups is 1. The molecular formula is C18H30N4O2. The average molecular weight is 334 g/mol. The van der Waals surface area contributed by atoms with Gasteiger partial charge in [-0.2, -0.15) is 5.06 Å². The minimum absolute atomic E-state index is 0.121. The Kier molecular flexibility index (Phi) is 10.1. The number of aliphatic hydroxyl groups excluding tert-OH is 1. The molecular weight excluding hydrogens is 304 g/mol. The fourth-order valence-corrected chi connectivity index (χ4v) is 2.64. The number of hydroxylamine groups is 2. The van der Waals surface area contributed by atoms with E-state index in [2.05, 4.69) is 36.0 Å². The van der Waals surface area contributed by atoms with Crippen LogP contribution in [0, 0.1) is 5.92 Å². The molecule has 0 spiro atoms. The molecule has 1 aromatic carbocycles. The number of rotatable bonds is 12. The lowest BCUT2D eigenvalue weighted by Crippen LogP contribution is -2.40. The van der Waals surface area contributed by atoms with E-state index in [-0.39, 0.29) is 18.8 Å². The summed E-state index contributed by atoms with van der Waals surface area (Å²) in [7, 11) is 0. The summed E-state index contributed by atoms with van der Waals surface area (Å²) >= 11 is 0. The van der Waals surface area contributed by atoms with E-state index in [1.54, 1.807) is 0 Å². The molecule has 0 unspecified atom stereocenters. The molecule has 1 rings (SSSR count). The van der Waals surface area contributed by atoms with Crippen LogP contribution >= 0.6 is 0 Å². The van der Waals surface area contributed by atoms with Crippen LogP contribution in [0.15, 0.2) is 35.4 Å². The smallest absolute Gasteiger partial charge is 0.0847 e. The second kappa shape index (κ2) is 11.9. The van der Waals surface area contributed by atoms with Crippen LogP contribution in [0.5, 0.6) is 0 Å². The van der Waals surface area contributed by atoms with Crippen molar-refractivity contribution in [2.45, 2.75) is 58.7 Å². The minimum Gasteiger partial charge on any atom is -0.396 e. The summed E-state index contributed by atoms with van der Waals surface area (Å²) in [6.45, 7) is 7.43. The topological polar surface area (TPSA) is 81.5 Å². The Balaban J connectivity index is 2.91. The summed E-state index contributed by atoms with van der Waals surface area (Å²) in [4.78, 5) is 9.01. The van der Waals surface area contributed by atoms with Crippen molar-refractivity contribution in [3.63, 3.8) is 0 Å². The van der Waals surface area contributed by atoms with Gasteiger partial charge in [-0.15, -0.1) is 0 Å². The van der Waals surface area contributed by atoms with Gasteiger partial charge in [0.25, 0.3) is 0 Å². The van der Waals surface area contributed by atoms with Crippen molar-refractivity contribution in [3.8, 4) is 0 Å². The highest BCUT2D eigenvalue weighted by Crippen LogP contribution is 2.20. The number of hydrogen-bond donors (Lipinski definition) is 1. The summed E-state index contributed by atoms with van der Waals surface area (Å²) in [6.07, 6.45) is 2.20. The second-order valence-corrected chi connectivity index (χ2v) is 6.41. The lowest BCUT2D eigenvalue weighted by atomic mass is 10.0.